The first kappa shape index (κ1) is 11.9. The quantitative estimate of drug-likeness (QED) is 0.880. The largest absolute Gasteiger partial charge is 0.378 e. The molecule has 1 fully saturated rings. The van der Waals surface area contributed by atoms with Gasteiger partial charge in [-0.3, -0.25) is 0 Å². The monoisotopic (exact) mass is 239 g/mol. The highest BCUT2D eigenvalue weighted by atomic mass is 35.5. The fourth-order valence-corrected chi connectivity index (χ4v) is 2.73. The summed E-state index contributed by atoms with van der Waals surface area (Å²) in [6.45, 7) is 2.96. The second kappa shape index (κ2) is 5.17. The summed E-state index contributed by atoms with van der Waals surface area (Å²) in [4.78, 5) is 0. The standard InChI is InChI=1S/C13H18ClNO/c1-2-12-10(7-8-16-12)13(15)9-5-3-4-6-11(9)14/h3-6,10,12-13H,2,7-8,15H2,1H3. The van der Waals surface area contributed by atoms with Crippen molar-refractivity contribution in [2.45, 2.75) is 31.9 Å². The highest BCUT2D eigenvalue weighted by Gasteiger charge is 2.33. The number of ether oxygens (including phenoxy) is 1. The molecular weight excluding hydrogens is 222 g/mol. The van der Waals surface area contributed by atoms with Gasteiger partial charge in [-0.05, 0) is 24.5 Å². The van der Waals surface area contributed by atoms with Gasteiger partial charge in [0.1, 0.15) is 0 Å². The topological polar surface area (TPSA) is 35.2 Å². The van der Waals surface area contributed by atoms with Crippen LogP contribution in [0.15, 0.2) is 24.3 Å². The van der Waals surface area contributed by atoms with Gasteiger partial charge in [0.2, 0.25) is 0 Å². The maximum atomic E-state index is 6.30. The lowest BCUT2D eigenvalue weighted by molar-refractivity contribution is 0.0813. The molecule has 2 nitrogen and oxygen atoms in total. The van der Waals surface area contributed by atoms with E-state index in [1.54, 1.807) is 0 Å². The Kier molecular flexibility index (Phi) is 3.85. The molecular formula is C13H18ClNO. The Balaban J connectivity index is 2.18. The predicted octanol–water partition coefficient (Wildman–Crippen LogP) is 3.15. The molecule has 1 aromatic carbocycles. The number of hydrogen-bond acceptors (Lipinski definition) is 2. The van der Waals surface area contributed by atoms with Crippen molar-refractivity contribution in [2.75, 3.05) is 6.61 Å². The Morgan fingerprint density at radius 3 is 2.94 bits per heavy atom. The molecule has 0 saturated carbocycles. The van der Waals surface area contributed by atoms with Crippen LogP contribution in [0.4, 0.5) is 0 Å². The van der Waals surface area contributed by atoms with E-state index < -0.39 is 0 Å². The van der Waals surface area contributed by atoms with Gasteiger partial charge in [-0.2, -0.15) is 0 Å². The van der Waals surface area contributed by atoms with E-state index >= 15 is 0 Å². The third kappa shape index (κ3) is 2.24. The van der Waals surface area contributed by atoms with Gasteiger partial charge in [-0.25, -0.2) is 0 Å². The van der Waals surface area contributed by atoms with Crippen molar-refractivity contribution >= 4 is 11.6 Å². The molecule has 1 heterocycles. The van der Waals surface area contributed by atoms with Gasteiger partial charge in [0.25, 0.3) is 0 Å². The summed E-state index contributed by atoms with van der Waals surface area (Å²) in [5.74, 6) is 0.393. The van der Waals surface area contributed by atoms with Crippen molar-refractivity contribution in [3.63, 3.8) is 0 Å². The van der Waals surface area contributed by atoms with Crippen LogP contribution in [0, 0.1) is 5.92 Å². The van der Waals surface area contributed by atoms with E-state index in [1.165, 1.54) is 0 Å². The minimum absolute atomic E-state index is 0.0128. The van der Waals surface area contributed by atoms with Crippen LogP contribution < -0.4 is 5.73 Å². The van der Waals surface area contributed by atoms with Gasteiger partial charge in [-0.1, -0.05) is 36.7 Å². The minimum atomic E-state index is -0.0128. The van der Waals surface area contributed by atoms with Gasteiger partial charge in [0.05, 0.1) is 6.10 Å². The summed E-state index contributed by atoms with van der Waals surface area (Å²) < 4.78 is 5.67. The predicted molar refractivity (Wildman–Crippen MR) is 66.5 cm³/mol. The number of nitrogens with two attached hydrogens (primary N) is 1. The normalized spacial score (nSPS) is 26.9. The summed E-state index contributed by atoms with van der Waals surface area (Å²) in [6, 6.07) is 7.81. The number of benzene rings is 1. The van der Waals surface area contributed by atoms with Crippen LogP contribution in [0.25, 0.3) is 0 Å². The molecule has 2 N–H and O–H groups in total. The number of hydrogen-bond donors (Lipinski definition) is 1. The molecule has 16 heavy (non-hydrogen) atoms. The molecule has 0 radical (unpaired) electrons. The molecule has 0 bridgehead atoms. The van der Waals surface area contributed by atoms with E-state index in [9.17, 15) is 0 Å². The zero-order chi connectivity index (χ0) is 11.5. The van der Waals surface area contributed by atoms with Crippen LogP contribution in [-0.4, -0.2) is 12.7 Å². The summed E-state index contributed by atoms with van der Waals surface area (Å²) in [5, 5.41) is 0.761. The fraction of sp³-hybridized carbons (Fsp3) is 0.538. The molecule has 1 aliphatic rings. The third-order valence-corrected chi connectivity index (χ3v) is 3.73. The highest BCUT2D eigenvalue weighted by Crippen LogP contribution is 2.35. The summed E-state index contributed by atoms with van der Waals surface area (Å²) in [5.41, 5.74) is 7.34. The Bertz CT molecular complexity index is 356. The van der Waals surface area contributed by atoms with Gasteiger partial charge < -0.3 is 10.5 Å². The molecule has 0 aromatic heterocycles. The Labute approximate surface area is 102 Å². The maximum absolute atomic E-state index is 6.30. The smallest absolute Gasteiger partial charge is 0.0619 e. The number of halogens is 1. The van der Waals surface area contributed by atoms with Crippen molar-refractivity contribution in [1.29, 1.82) is 0 Å². The Morgan fingerprint density at radius 2 is 2.25 bits per heavy atom. The minimum Gasteiger partial charge on any atom is -0.378 e. The SMILES string of the molecule is CCC1OCCC1C(N)c1ccccc1Cl. The lowest BCUT2D eigenvalue weighted by Gasteiger charge is -2.24. The molecule has 0 amide bonds. The van der Waals surface area contributed by atoms with E-state index in [1.807, 2.05) is 24.3 Å². The first-order chi connectivity index (χ1) is 7.74. The second-order valence-electron chi connectivity index (χ2n) is 4.32. The summed E-state index contributed by atoms with van der Waals surface area (Å²) in [7, 11) is 0. The van der Waals surface area contributed by atoms with E-state index in [4.69, 9.17) is 22.1 Å². The van der Waals surface area contributed by atoms with Crippen LogP contribution in [-0.2, 0) is 4.74 Å². The van der Waals surface area contributed by atoms with Crippen molar-refractivity contribution in [1.82, 2.24) is 0 Å². The fourth-order valence-electron chi connectivity index (χ4n) is 2.47. The average molecular weight is 240 g/mol. The third-order valence-electron chi connectivity index (χ3n) is 3.39. The molecule has 3 atom stereocenters. The molecule has 1 saturated heterocycles. The van der Waals surface area contributed by atoms with Crippen LogP contribution in [0.5, 0.6) is 0 Å². The lowest BCUT2D eigenvalue weighted by atomic mass is 9.87. The van der Waals surface area contributed by atoms with Gasteiger partial charge in [0, 0.05) is 23.6 Å². The second-order valence-corrected chi connectivity index (χ2v) is 4.72. The molecule has 3 heteroatoms. The first-order valence-electron chi connectivity index (χ1n) is 5.85. The van der Waals surface area contributed by atoms with E-state index in [0.717, 1.165) is 30.0 Å². The molecule has 3 unspecified atom stereocenters. The Morgan fingerprint density at radius 1 is 1.50 bits per heavy atom. The van der Waals surface area contributed by atoms with Crippen LogP contribution in [0.1, 0.15) is 31.4 Å². The van der Waals surface area contributed by atoms with Crippen LogP contribution in [0.3, 0.4) is 0 Å². The van der Waals surface area contributed by atoms with Crippen molar-refractivity contribution in [3.05, 3.63) is 34.9 Å². The number of rotatable bonds is 3. The van der Waals surface area contributed by atoms with Gasteiger partial charge in [0.15, 0.2) is 0 Å². The van der Waals surface area contributed by atoms with Crippen molar-refractivity contribution in [2.24, 2.45) is 11.7 Å². The maximum Gasteiger partial charge on any atom is 0.0619 e. The molecule has 88 valence electrons. The highest BCUT2D eigenvalue weighted by molar-refractivity contribution is 6.31. The molecule has 0 aliphatic carbocycles. The van der Waals surface area contributed by atoms with Crippen LogP contribution in [0.2, 0.25) is 5.02 Å². The van der Waals surface area contributed by atoms with Gasteiger partial charge >= 0.3 is 0 Å². The van der Waals surface area contributed by atoms with Crippen LogP contribution >= 0.6 is 11.6 Å². The van der Waals surface area contributed by atoms with Crippen molar-refractivity contribution in [3.8, 4) is 0 Å². The van der Waals surface area contributed by atoms with E-state index in [0.29, 0.717) is 5.92 Å². The zero-order valence-electron chi connectivity index (χ0n) is 9.53. The van der Waals surface area contributed by atoms with E-state index in [-0.39, 0.29) is 12.1 Å². The lowest BCUT2D eigenvalue weighted by Crippen LogP contribution is -2.28. The first-order valence-corrected chi connectivity index (χ1v) is 6.23. The molecule has 1 aromatic rings. The molecule has 2 rings (SSSR count). The van der Waals surface area contributed by atoms with Gasteiger partial charge in [-0.15, -0.1) is 0 Å². The Hall–Kier alpha value is -0.570. The summed E-state index contributed by atoms with van der Waals surface area (Å²) >= 11 is 6.17. The average Bonchev–Trinajstić information content (AvgIpc) is 2.77. The van der Waals surface area contributed by atoms with Crippen molar-refractivity contribution < 1.29 is 4.74 Å². The zero-order valence-corrected chi connectivity index (χ0v) is 10.3. The summed E-state index contributed by atoms with van der Waals surface area (Å²) in [6.07, 6.45) is 2.33. The van der Waals surface area contributed by atoms with E-state index in [2.05, 4.69) is 6.92 Å². The molecule has 0 spiro atoms. The molecule has 1 aliphatic heterocycles.